The highest BCUT2D eigenvalue weighted by molar-refractivity contribution is 5.85. The third-order valence-corrected chi connectivity index (χ3v) is 3.69. The molecule has 0 aliphatic rings. The number of methoxy groups -OCH3 is 1. The normalized spacial score (nSPS) is 10.7. The average Bonchev–Trinajstić information content (AvgIpc) is 2.64. The summed E-state index contributed by atoms with van der Waals surface area (Å²) in [6.07, 6.45) is 2.80. The van der Waals surface area contributed by atoms with Crippen LogP contribution in [0.5, 0.6) is 5.75 Å². The first kappa shape index (κ1) is 18.2. The molecule has 0 amide bonds. The SMILES string of the molecule is CCN(CC)c1ccc(C=NNc2ccc([N+](=O)[O-])cn2)c(OC)c1. The molecule has 0 atom stereocenters. The van der Waals surface area contributed by atoms with E-state index < -0.39 is 4.92 Å². The molecule has 25 heavy (non-hydrogen) atoms. The Morgan fingerprint density at radius 3 is 2.64 bits per heavy atom. The summed E-state index contributed by atoms with van der Waals surface area (Å²) in [4.78, 5) is 16.3. The second kappa shape index (κ2) is 8.62. The number of nitro groups is 1. The Morgan fingerprint density at radius 1 is 1.32 bits per heavy atom. The van der Waals surface area contributed by atoms with Crippen LogP contribution in [0.3, 0.4) is 0 Å². The van der Waals surface area contributed by atoms with Crippen molar-refractivity contribution in [3.63, 3.8) is 0 Å². The smallest absolute Gasteiger partial charge is 0.287 e. The van der Waals surface area contributed by atoms with Gasteiger partial charge in [-0.25, -0.2) is 4.98 Å². The third-order valence-electron chi connectivity index (χ3n) is 3.69. The fraction of sp³-hybridized carbons (Fsp3) is 0.294. The molecule has 1 aromatic carbocycles. The molecule has 1 N–H and O–H groups in total. The Kier molecular flexibility index (Phi) is 6.27. The van der Waals surface area contributed by atoms with Gasteiger partial charge in [0.1, 0.15) is 17.8 Å². The van der Waals surface area contributed by atoms with Crippen LogP contribution in [0.4, 0.5) is 17.2 Å². The first-order valence-corrected chi connectivity index (χ1v) is 7.91. The first-order valence-electron chi connectivity index (χ1n) is 7.91. The van der Waals surface area contributed by atoms with Crippen molar-refractivity contribution >= 4 is 23.4 Å². The number of ether oxygens (including phenoxy) is 1. The number of nitrogens with zero attached hydrogens (tertiary/aromatic N) is 4. The first-order chi connectivity index (χ1) is 12.1. The van der Waals surface area contributed by atoms with Crippen LogP contribution in [0, 0.1) is 10.1 Å². The summed E-state index contributed by atoms with van der Waals surface area (Å²) in [7, 11) is 1.62. The Labute approximate surface area is 146 Å². The molecule has 8 nitrogen and oxygen atoms in total. The zero-order valence-electron chi connectivity index (χ0n) is 14.5. The van der Waals surface area contributed by atoms with E-state index in [2.05, 4.69) is 34.3 Å². The van der Waals surface area contributed by atoms with Gasteiger partial charge in [0.15, 0.2) is 0 Å². The summed E-state index contributed by atoms with van der Waals surface area (Å²) in [5, 5.41) is 14.7. The molecular weight excluding hydrogens is 322 g/mol. The molecule has 0 aliphatic heterocycles. The van der Waals surface area contributed by atoms with Crippen LogP contribution in [0.2, 0.25) is 0 Å². The van der Waals surface area contributed by atoms with Gasteiger partial charge in [0.2, 0.25) is 0 Å². The highest BCUT2D eigenvalue weighted by atomic mass is 16.6. The molecule has 0 bridgehead atoms. The maximum absolute atomic E-state index is 10.6. The molecule has 0 spiro atoms. The molecule has 0 unspecified atom stereocenters. The highest BCUT2D eigenvalue weighted by Gasteiger charge is 2.07. The molecule has 0 fully saturated rings. The maximum Gasteiger partial charge on any atom is 0.287 e. The van der Waals surface area contributed by atoms with Gasteiger partial charge in [0.05, 0.1) is 18.2 Å². The van der Waals surface area contributed by atoms with Crippen molar-refractivity contribution in [3.05, 3.63) is 52.2 Å². The number of hydrazone groups is 1. The molecule has 2 rings (SSSR count). The van der Waals surface area contributed by atoms with Gasteiger partial charge in [-0.2, -0.15) is 5.10 Å². The molecule has 1 aromatic heterocycles. The van der Waals surface area contributed by atoms with Crippen LogP contribution >= 0.6 is 0 Å². The third kappa shape index (κ3) is 4.66. The monoisotopic (exact) mass is 343 g/mol. The number of hydrogen-bond donors (Lipinski definition) is 1. The second-order valence-electron chi connectivity index (χ2n) is 5.13. The summed E-state index contributed by atoms with van der Waals surface area (Å²) in [5.41, 5.74) is 4.57. The lowest BCUT2D eigenvalue weighted by Crippen LogP contribution is -2.21. The zero-order valence-corrected chi connectivity index (χ0v) is 14.5. The summed E-state index contributed by atoms with van der Waals surface area (Å²) in [6.45, 7) is 6.04. The van der Waals surface area contributed by atoms with Gasteiger partial charge in [0, 0.05) is 36.5 Å². The predicted molar refractivity (Wildman–Crippen MR) is 98.7 cm³/mol. The number of benzene rings is 1. The van der Waals surface area contributed by atoms with Gasteiger partial charge in [-0.05, 0) is 32.0 Å². The van der Waals surface area contributed by atoms with Crippen molar-refractivity contribution in [1.29, 1.82) is 0 Å². The van der Waals surface area contributed by atoms with E-state index in [1.807, 2.05) is 18.2 Å². The Bertz CT molecular complexity index is 742. The van der Waals surface area contributed by atoms with Crippen LogP contribution in [-0.2, 0) is 0 Å². The van der Waals surface area contributed by atoms with Gasteiger partial charge >= 0.3 is 0 Å². The van der Waals surface area contributed by atoms with Gasteiger partial charge in [0.25, 0.3) is 5.69 Å². The van der Waals surface area contributed by atoms with Gasteiger partial charge < -0.3 is 9.64 Å². The topological polar surface area (TPSA) is 92.9 Å². The molecule has 0 saturated heterocycles. The van der Waals surface area contributed by atoms with Crippen LogP contribution in [0.25, 0.3) is 0 Å². The van der Waals surface area contributed by atoms with Crippen molar-refractivity contribution in [2.24, 2.45) is 5.10 Å². The number of nitrogens with one attached hydrogen (secondary N) is 1. The van der Waals surface area contributed by atoms with Crippen molar-refractivity contribution in [3.8, 4) is 5.75 Å². The standard InChI is InChI=1S/C17H21N5O3/c1-4-21(5-2)14-7-6-13(16(10-14)25-3)11-19-20-17-9-8-15(12-18-17)22(23)24/h6-12H,4-5H2,1-3H3,(H,18,20). The second-order valence-corrected chi connectivity index (χ2v) is 5.13. The minimum atomic E-state index is -0.498. The van der Waals surface area contributed by atoms with E-state index in [-0.39, 0.29) is 5.69 Å². The number of pyridine rings is 1. The maximum atomic E-state index is 10.6. The van der Waals surface area contributed by atoms with E-state index in [1.165, 1.54) is 18.3 Å². The fourth-order valence-corrected chi connectivity index (χ4v) is 2.32. The van der Waals surface area contributed by atoms with Crippen molar-refractivity contribution in [2.45, 2.75) is 13.8 Å². The number of hydrogen-bond acceptors (Lipinski definition) is 7. The van der Waals surface area contributed by atoms with Crippen molar-refractivity contribution < 1.29 is 9.66 Å². The minimum Gasteiger partial charge on any atom is -0.496 e. The molecule has 2 aromatic rings. The van der Waals surface area contributed by atoms with E-state index in [9.17, 15) is 10.1 Å². The van der Waals surface area contributed by atoms with Crippen molar-refractivity contribution in [2.75, 3.05) is 30.5 Å². The molecule has 1 heterocycles. The van der Waals surface area contributed by atoms with Gasteiger partial charge in [-0.15, -0.1) is 0 Å². The van der Waals surface area contributed by atoms with E-state index in [0.29, 0.717) is 11.6 Å². The summed E-state index contributed by atoms with van der Waals surface area (Å²) >= 11 is 0. The van der Waals surface area contributed by atoms with Gasteiger partial charge in [-0.1, -0.05) is 0 Å². The van der Waals surface area contributed by atoms with Crippen LogP contribution in [-0.4, -0.2) is 36.3 Å². The predicted octanol–water partition coefficient (Wildman–Crippen LogP) is 3.29. The minimum absolute atomic E-state index is 0.0665. The van der Waals surface area contributed by atoms with E-state index in [0.717, 1.165) is 24.3 Å². The summed E-state index contributed by atoms with van der Waals surface area (Å²) in [5.74, 6) is 1.13. The lowest BCUT2D eigenvalue weighted by molar-refractivity contribution is -0.385. The average molecular weight is 343 g/mol. The van der Waals surface area contributed by atoms with Crippen LogP contribution < -0.4 is 15.1 Å². The van der Waals surface area contributed by atoms with Crippen molar-refractivity contribution in [1.82, 2.24) is 4.98 Å². The summed E-state index contributed by atoms with van der Waals surface area (Å²) in [6, 6.07) is 8.78. The molecule has 0 aliphatic carbocycles. The number of aromatic nitrogens is 1. The van der Waals surface area contributed by atoms with E-state index in [4.69, 9.17) is 4.74 Å². The lowest BCUT2D eigenvalue weighted by Gasteiger charge is -2.21. The van der Waals surface area contributed by atoms with Crippen LogP contribution in [0.15, 0.2) is 41.6 Å². The largest absolute Gasteiger partial charge is 0.496 e. The quantitative estimate of drug-likeness (QED) is 0.449. The summed E-state index contributed by atoms with van der Waals surface area (Å²) < 4.78 is 5.43. The number of rotatable bonds is 8. The van der Waals surface area contributed by atoms with E-state index in [1.54, 1.807) is 13.3 Å². The molecule has 8 heteroatoms. The van der Waals surface area contributed by atoms with E-state index >= 15 is 0 Å². The Hall–Kier alpha value is -3.16. The highest BCUT2D eigenvalue weighted by Crippen LogP contribution is 2.24. The fourth-order valence-electron chi connectivity index (χ4n) is 2.32. The zero-order chi connectivity index (χ0) is 18.2. The molecule has 0 radical (unpaired) electrons. The number of anilines is 2. The Balaban J connectivity index is 2.10. The van der Waals surface area contributed by atoms with Crippen LogP contribution in [0.1, 0.15) is 19.4 Å². The molecule has 132 valence electrons. The Morgan fingerprint density at radius 2 is 2.08 bits per heavy atom. The lowest BCUT2D eigenvalue weighted by atomic mass is 10.2. The molecular formula is C17H21N5O3. The van der Waals surface area contributed by atoms with Gasteiger partial charge in [-0.3, -0.25) is 15.5 Å². The molecule has 0 saturated carbocycles.